The third kappa shape index (κ3) is 2.53. The fourth-order valence-electron chi connectivity index (χ4n) is 4.12. The van der Waals surface area contributed by atoms with Gasteiger partial charge in [0.05, 0.1) is 18.6 Å². The van der Waals surface area contributed by atoms with Crippen molar-refractivity contribution in [3.05, 3.63) is 18.6 Å². The van der Waals surface area contributed by atoms with E-state index < -0.39 is 30.9 Å². The van der Waals surface area contributed by atoms with Crippen LogP contribution in [-0.2, 0) is 9.47 Å². The van der Waals surface area contributed by atoms with E-state index in [9.17, 15) is 5.11 Å². The maximum absolute atomic E-state index is 10.9. The monoisotopic (exact) mass is 364 g/mol. The molecule has 2 saturated heterocycles. The second-order valence-corrected chi connectivity index (χ2v) is 12.2. The van der Waals surface area contributed by atoms with Gasteiger partial charge in [-0.15, -0.1) is 13.2 Å². The van der Waals surface area contributed by atoms with Gasteiger partial charge in [-0.1, -0.05) is 6.92 Å². The van der Waals surface area contributed by atoms with E-state index in [1.165, 1.54) is 0 Å². The van der Waals surface area contributed by atoms with Crippen LogP contribution in [0.25, 0.3) is 11.2 Å². The number of anilines is 1. The van der Waals surface area contributed by atoms with Crippen molar-refractivity contribution < 1.29 is 14.6 Å². The number of aromatic nitrogens is 3. The van der Waals surface area contributed by atoms with Gasteiger partial charge in [0.1, 0.15) is 23.3 Å². The Kier molecular flexibility index (Phi) is 3.78. The van der Waals surface area contributed by atoms with Gasteiger partial charge < -0.3 is 20.3 Å². The minimum absolute atomic E-state index is 0.145. The standard InChI is InChI=1S/C17H25N4O3P/c1-10(7-25(2,3)4)17-8-23-13(14(17)22)16(24-17)21-9-20-12-11(18)5-6-19-15(12)21/h5-6,9-10,13-14,16,22H,2,7-8H2,1,3-4H3,(H2,18,19)/t10?,13-,14+,16-,17-/m1/s1. The molecule has 2 aromatic rings. The molecule has 5 atom stereocenters. The average molecular weight is 364 g/mol. The van der Waals surface area contributed by atoms with Crippen molar-refractivity contribution in [1.29, 1.82) is 0 Å². The Morgan fingerprint density at radius 1 is 1.52 bits per heavy atom. The molecule has 7 nitrogen and oxygen atoms in total. The highest BCUT2D eigenvalue weighted by molar-refractivity contribution is 7.72. The van der Waals surface area contributed by atoms with Crippen LogP contribution in [0.15, 0.2) is 18.6 Å². The zero-order chi connectivity index (χ0) is 18.0. The fourth-order valence-corrected chi connectivity index (χ4v) is 5.91. The molecule has 0 spiro atoms. The number of nitrogens with two attached hydrogens (primary N) is 1. The lowest BCUT2D eigenvalue weighted by atomic mass is 9.87. The van der Waals surface area contributed by atoms with E-state index >= 15 is 0 Å². The quantitative estimate of drug-likeness (QED) is 0.796. The second-order valence-electron chi connectivity index (χ2n) is 7.93. The van der Waals surface area contributed by atoms with Crippen molar-refractivity contribution in [2.45, 2.75) is 31.0 Å². The third-order valence-electron chi connectivity index (χ3n) is 5.30. The van der Waals surface area contributed by atoms with E-state index in [2.05, 4.69) is 36.5 Å². The summed E-state index contributed by atoms with van der Waals surface area (Å²) >= 11 is 0. The number of aliphatic hydroxyl groups is 1. The number of nitrogens with zero attached hydrogens (tertiary/aromatic N) is 3. The topological polar surface area (TPSA) is 95.4 Å². The molecular weight excluding hydrogens is 339 g/mol. The number of imidazole rings is 1. The number of aliphatic hydroxyl groups excluding tert-OH is 1. The van der Waals surface area contributed by atoms with Crippen LogP contribution in [0.5, 0.6) is 0 Å². The predicted molar refractivity (Wildman–Crippen MR) is 100 cm³/mol. The van der Waals surface area contributed by atoms with Crippen LogP contribution in [0.2, 0.25) is 0 Å². The molecule has 136 valence electrons. The highest BCUT2D eigenvalue weighted by Crippen LogP contribution is 2.52. The van der Waals surface area contributed by atoms with Gasteiger partial charge in [-0.05, 0) is 31.5 Å². The summed E-state index contributed by atoms with van der Waals surface area (Å²) < 4.78 is 14.2. The van der Waals surface area contributed by atoms with Gasteiger partial charge in [-0.25, -0.2) is 9.97 Å². The number of hydrogen-bond donors (Lipinski definition) is 2. The molecule has 2 fully saturated rings. The number of nitrogen functional groups attached to an aromatic ring is 1. The molecule has 1 unspecified atom stereocenters. The molecule has 3 N–H and O–H groups in total. The summed E-state index contributed by atoms with van der Waals surface area (Å²) in [6, 6.07) is 1.72. The van der Waals surface area contributed by atoms with Crippen LogP contribution in [0.1, 0.15) is 13.2 Å². The molecule has 2 aliphatic rings. The van der Waals surface area contributed by atoms with Gasteiger partial charge in [0, 0.05) is 6.20 Å². The van der Waals surface area contributed by atoms with Crippen molar-refractivity contribution in [2.24, 2.45) is 5.92 Å². The van der Waals surface area contributed by atoms with E-state index in [-0.39, 0.29) is 5.92 Å². The molecule has 4 heterocycles. The Morgan fingerprint density at radius 2 is 2.28 bits per heavy atom. The maximum atomic E-state index is 10.9. The third-order valence-corrected chi connectivity index (χ3v) is 6.84. The number of ether oxygens (including phenoxy) is 2. The molecule has 2 aliphatic heterocycles. The van der Waals surface area contributed by atoms with Gasteiger partial charge in [0.15, 0.2) is 11.9 Å². The van der Waals surface area contributed by atoms with Crippen LogP contribution in [0.4, 0.5) is 5.69 Å². The Morgan fingerprint density at radius 3 is 3.00 bits per heavy atom. The second kappa shape index (κ2) is 5.55. The molecule has 0 aliphatic carbocycles. The van der Waals surface area contributed by atoms with Crippen LogP contribution < -0.4 is 5.73 Å². The maximum Gasteiger partial charge on any atom is 0.166 e. The molecule has 4 rings (SSSR count). The molecule has 0 saturated carbocycles. The van der Waals surface area contributed by atoms with E-state index in [1.807, 2.05) is 4.57 Å². The summed E-state index contributed by atoms with van der Waals surface area (Å²) in [4.78, 5) is 8.73. The van der Waals surface area contributed by atoms with Crippen molar-refractivity contribution in [3.63, 3.8) is 0 Å². The Hall–Kier alpha value is -1.40. The number of fused-ring (bicyclic) bond motifs is 3. The Balaban J connectivity index is 1.70. The van der Waals surface area contributed by atoms with Crippen LogP contribution >= 0.6 is 6.89 Å². The molecule has 2 aromatic heterocycles. The van der Waals surface area contributed by atoms with Crippen molar-refractivity contribution in [2.75, 3.05) is 31.8 Å². The summed E-state index contributed by atoms with van der Waals surface area (Å²) in [6.45, 7) is 5.65. The van der Waals surface area contributed by atoms with E-state index in [0.29, 0.717) is 23.5 Å². The lowest BCUT2D eigenvalue weighted by molar-refractivity contribution is -0.187. The van der Waals surface area contributed by atoms with Crippen LogP contribution in [-0.4, -0.2) is 69.8 Å². The minimum atomic E-state index is -1.26. The molecule has 0 amide bonds. The summed E-state index contributed by atoms with van der Waals surface area (Å²) in [5.41, 5.74) is 7.11. The van der Waals surface area contributed by atoms with Gasteiger partial charge in [-0.2, -0.15) is 0 Å². The van der Waals surface area contributed by atoms with Gasteiger partial charge in [-0.3, -0.25) is 4.57 Å². The van der Waals surface area contributed by atoms with E-state index in [0.717, 1.165) is 6.16 Å². The van der Waals surface area contributed by atoms with Gasteiger partial charge in [0.2, 0.25) is 0 Å². The summed E-state index contributed by atoms with van der Waals surface area (Å²) in [5, 5.41) is 10.9. The molecule has 0 aromatic carbocycles. The average Bonchev–Trinajstić information content (AvgIpc) is 3.17. The largest absolute Gasteiger partial charge is 0.397 e. The lowest BCUT2D eigenvalue weighted by Gasteiger charge is -2.37. The molecular formula is C17H25N4O3P. The Bertz CT molecular complexity index is 863. The first-order valence-electron chi connectivity index (χ1n) is 8.45. The first-order chi connectivity index (χ1) is 11.7. The van der Waals surface area contributed by atoms with Gasteiger partial charge >= 0.3 is 0 Å². The molecule has 8 heteroatoms. The summed E-state index contributed by atoms with van der Waals surface area (Å²) in [7, 11) is 0. The highest BCUT2D eigenvalue weighted by atomic mass is 31.2. The zero-order valence-corrected chi connectivity index (χ0v) is 15.7. The SMILES string of the molecule is C=P(C)(C)CC(C)[C@@]12CO[C@@H]([C@H](n3cnc4c(N)ccnc43)O1)[C@@H]2O. The summed E-state index contributed by atoms with van der Waals surface area (Å²) in [5.74, 6) is 0.145. The molecule has 2 bridgehead atoms. The lowest BCUT2D eigenvalue weighted by Crippen LogP contribution is -2.47. The van der Waals surface area contributed by atoms with Crippen molar-refractivity contribution >= 4 is 30.0 Å². The normalized spacial score (nSPS) is 33.2. The number of pyridine rings is 1. The van der Waals surface area contributed by atoms with Gasteiger partial charge in [0.25, 0.3) is 0 Å². The fraction of sp³-hybridized carbons (Fsp3) is 0.588. The predicted octanol–water partition coefficient (Wildman–Crippen LogP) is 1.39. The number of hydrogen-bond acceptors (Lipinski definition) is 6. The first kappa shape index (κ1) is 17.0. The van der Waals surface area contributed by atoms with Crippen molar-refractivity contribution in [1.82, 2.24) is 14.5 Å². The van der Waals surface area contributed by atoms with E-state index in [1.54, 1.807) is 18.6 Å². The smallest absolute Gasteiger partial charge is 0.166 e. The first-order valence-corrected chi connectivity index (χ1v) is 11.5. The van der Waals surface area contributed by atoms with Crippen molar-refractivity contribution in [3.8, 4) is 0 Å². The number of rotatable bonds is 4. The van der Waals surface area contributed by atoms with E-state index in [4.69, 9.17) is 15.2 Å². The van der Waals surface area contributed by atoms with Crippen LogP contribution in [0, 0.1) is 5.92 Å². The molecule has 0 radical (unpaired) electrons. The summed E-state index contributed by atoms with van der Waals surface area (Å²) in [6.07, 6.45) is 6.96. The van der Waals surface area contributed by atoms with Crippen LogP contribution in [0.3, 0.4) is 0 Å². The molecule has 25 heavy (non-hydrogen) atoms. The zero-order valence-electron chi connectivity index (χ0n) is 14.8. The highest BCUT2D eigenvalue weighted by Gasteiger charge is 2.64. The minimum Gasteiger partial charge on any atom is -0.397 e. The Labute approximate surface area is 147 Å².